The summed E-state index contributed by atoms with van der Waals surface area (Å²) in [6.45, 7) is 1.53. The first-order chi connectivity index (χ1) is 14.2. The predicted molar refractivity (Wildman–Crippen MR) is 110 cm³/mol. The van der Waals surface area contributed by atoms with E-state index in [4.69, 9.17) is 11.5 Å². The molecule has 2 aliphatic rings. The minimum absolute atomic E-state index is 0.204. The number of nitrogens with two attached hydrogens (primary N) is 2. The van der Waals surface area contributed by atoms with Crippen LogP contribution < -0.4 is 16.8 Å². The molecule has 2 aliphatic heterocycles. The van der Waals surface area contributed by atoms with Crippen molar-refractivity contribution in [1.29, 1.82) is 0 Å². The van der Waals surface area contributed by atoms with E-state index in [-0.39, 0.29) is 23.6 Å². The fourth-order valence-electron chi connectivity index (χ4n) is 3.10. The van der Waals surface area contributed by atoms with Crippen molar-refractivity contribution < 1.29 is 29.0 Å². The molecule has 1 fully saturated rings. The van der Waals surface area contributed by atoms with E-state index in [0.717, 1.165) is 4.90 Å². The van der Waals surface area contributed by atoms with Gasteiger partial charge in [-0.25, -0.2) is 14.6 Å². The molecule has 13 heteroatoms. The van der Waals surface area contributed by atoms with E-state index in [9.17, 15) is 24.3 Å². The Hall–Kier alpha value is -3.06. The van der Waals surface area contributed by atoms with Gasteiger partial charge < -0.3 is 26.6 Å². The van der Waals surface area contributed by atoms with Crippen LogP contribution in [-0.2, 0) is 19.1 Å². The van der Waals surface area contributed by atoms with Crippen molar-refractivity contribution in [2.75, 3.05) is 18.1 Å². The number of carbonyl (C=O) groups is 4. The molecule has 0 spiro atoms. The number of rotatable bonds is 7. The summed E-state index contributed by atoms with van der Waals surface area (Å²) in [5.74, 6) is -2.19. The Kier molecular flexibility index (Phi) is 6.31. The van der Waals surface area contributed by atoms with Crippen molar-refractivity contribution >= 4 is 57.7 Å². The van der Waals surface area contributed by atoms with Gasteiger partial charge in [-0.3, -0.25) is 14.5 Å². The summed E-state index contributed by atoms with van der Waals surface area (Å²) in [6, 6.07) is -0.897. The Morgan fingerprint density at radius 3 is 2.77 bits per heavy atom. The number of allylic oxidation sites excluding steroid dienone is 1. The van der Waals surface area contributed by atoms with Crippen LogP contribution >= 0.6 is 23.1 Å². The van der Waals surface area contributed by atoms with Crippen LogP contribution in [0.3, 0.4) is 0 Å². The number of anilines is 1. The van der Waals surface area contributed by atoms with Crippen LogP contribution in [0.2, 0.25) is 0 Å². The number of hydrogen-bond acceptors (Lipinski definition) is 9. The largest absolute Gasteiger partial charge is 0.477 e. The molecule has 0 unspecified atom stereocenters. The third kappa shape index (κ3) is 4.11. The number of aliphatic carboxylic acids is 1. The average molecular weight is 454 g/mol. The zero-order chi connectivity index (χ0) is 22.0. The van der Waals surface area contributed by atoms with Gasteiger partial charge in [-0.15, -0.1) is 23.1 Å². The molecular weight excluding hydrogens is 434 g/mol. The van der Waals surface area contributed by atoms with Crippen LogP contribution in [0.15, 0.2) is 22.7 Å². The number of carboxylic acid groups (broad SMARTS) is 1. The van der Waals surface area contributed by atoms with Crippen LogP contribution in [-0.4, -0.2) is 62.6 Å². The second kappa shape index (κ2) is 8.75. The van der Waals surface area contributed by atoms with Crippen LogP contribution in [0, 0.1) is 0 Å². The summed E-state index contributed by atoms with van der Waals surface area (Å²) >= 11 is 2.45. The average Bonchev–Trinajstić information content (AvgIpc) is 3.13. The van der Waals surface area contributed by atoms with E-state index >= 15 is 0 Å². The number of thiazole rings is 1. The molecule has 160 valence electrons. The van der Waals surface area contributed by atoms with Gasteiger partial charge in [0.15, 0.2) is 5.13 Å². The minimum Gasteiger partial charge on any atom is -0.477 e. The fourth-order valence-corrected chi connectivity index (χ4v) is 4.99. The molecule has 0 bridgehead atoms. The van der Waals surface area contributed by atoms with Crippen LogP contribution in [0.1, 0.15) is 19.0 Å². The molecule has 1 aromatic heterocycles. The summed E-state index contributed by atoms with van der Waals surface area (Å²) in [7, 11) is 0. The lowest BCUT2D eigenvalue weighted by molar-refractivity contribution is -0.150. The predicted octanol–water partition coefficient (Wildman–Crippen LogP) is 0.353. The molecule has 30 heavy (non-hydrogen) atoms. The number of primary amides is 1. The van der Waals surface area contributed by atoms with Crippen LogP contribution in [0.25, 0.3) is 5.57 Å². The first-order valence-corrected chi connectivity index (χ1v) is 10.7. The minimum atomic E-state index is -1.33. The van der Waals surface area contributed by atoms with Crippen molar-refractivity contribution in [3.05, 3.63) is 28.4 Å². The summed E-state index contributed by atoms with van der Waals surface area (Å²) in [6.07, 6.45) is 1.20. The molecule has 0 saturated carbocycles. The van der Waals surface area contributed by atoms with Crippen LogP contribution in [0.4, 0.5) is 9.93 Å². The molecule has 6 N–H and O–H groups in total. The molecule has 11 nitrogen and oxygen atoms in total. The number of ether oxygens (including phenoxy) is 1. The van der Waals surface area contributed by atoms with E-state index < -0.39 is 35.3 Å². The standard InChI is InChI=1S/C17H19N5O6S2/c1-2-3-8(9-6-30-16(18)20-9)12(23)21-10-13(24)22-11(15(25)26)7(4-28-17(19)27)5-29-14(10)22/h3,6,10,14H,2,4-5H2,1H3,(H2,18,20)(H2,19,27)(H,21,23)(H,25,26)/b8-3-/t10-,14+/m1/s1. The number of thioether (sulfide) groups is 1. The lowest BCUT2D eigenvalue weighted by Crippen LogP contribution is -2.70. The highest BCUT2D eigenvalue weighted by atomic mass is 32.2. The van der Waals surface area contributed by atoms with Crippen molar-refractivity contribution in [3.8, 4) is 0 Å². The number of carboxylic acids is 1. The lowest BCUT2D eigenvalue weighted by atomic mass is 10.0. The summed E-state index contributed by atoms with van der Waals surface area (Å²) in [4.78, 5) is 53.2. The molecule has 1 saturated heterocycles. The third-order valence-electron chi connectivity index (χ3n) is 4.38. The fraction of sp³-hybridized carbons (Fsp3) is 0.353. The number of nitrogen functional groups attached to an aromatic ring is 1. The second-order valence-corrected chi connectivity index (χ2v) is 8.32. The maximum Gasteiger partial charge on any atom is 0.404 e. The Labute approximate surface area is 179 Å². The van der Waals surface area contributed by atoms with Crippen molar-refractivity contribution in [1.82, 2.24) is 15.2 Å². The highest BCUT2D eigenvalue weighted by molar-refractivity contribution is 8.00. The normalized spacial score (nSPS) is 21.0. The Balaban J connectivity index is 1.77. The SMILES string of the molecule is CC/C=C(\C(=O)N[C@@H]1C(=O)N2C(C(=O)O)=C(COC(N)=O)CS[C@@H]12)c1csc(N)n1. The maximum atomic E-state index is 12.8. The van der Waals surface area contributed by atoms with E-state index in [1.165, 1.54) is 23.1 Å². The topological polar surface area (TPSA) is 178 Å². The van der Waals surface area contributed by atoms with Gasteiger partial charge >= 0.3 is 12.1 Å². The van der Waals surface area contributed by atoms with Gasteiger partial charge in [0, 0.05) is 16.7 Å². The van der Waals surface area contributed by atoms with E-state index in [2.05, 4.69) is 15.0 Å². The number of nitrogens with zero attached hydrogens (tertiary/aromatic N) is 2. The number of aromatic nitrogens is 1. The quantitative estimate of drug-likeness (QED) is 0.335. The Morgan fingerprint density at radius 2 is 2.20 bits per heavy atom. The molecule has 2 atom stereocenters. The Bertz CT molecular complexity index is 972. The molecule has 0 aromatic carbocycles. The van der Waals surface area contributed by atoms with Gasteiger partial charge in [-0.2, -0.15) is 0 Å². The zero-order valence-electron chi connectivity index (χ0n) is 15.8. The number of nitrogens with one attached hydrogen (secondary N) is 1. The second-order valence-electron chi connectivity index (χ2n) is 6.32. The molecule has 3 amide bonds. The number of amides is 3. The van der Waals surface area contributed by atoms with Gasteiger partial charge in [-0.05, 0) is 6.42 Å². The summed E-state index contributed by atoms with van der Waals surface area (Å²) in [5.41, 5.74) is 11.3. The summed E-state index contributed by atoms with van der Waals surface area (Å²) < 4.78 is 4.68. The summed E-state index contributed by atoms with van der Waals surface area (Å²) in [5, 5.41) is 13.6. The third-order valence-corrected chi connectivity index (χ3v) is 6.39. The van der Waals surface area contributed by atoms with Crippen LogP contribution in [0.5, 0.6) is 0 Å². The molecule has 1 aromatic rings. The highest BCUT2D eigenvalue weighted by Gasteiger charge is 2.54. The number of carbonyl (C=O) groups excluding carboxylic acids is 3. The number of hydrogen-bond donors (Lipinski definition) is 4. The van der Waals surface area contributed by atoms with Crippen molar-refractivity contribution in [2.45, 2.75) is 24.8 Å². The van der Waals surface area contributed by atoms with Gasteiger partial charge in [0.1, 0.15) is 23.7 Å². The van der Waals surface area contributed by atoms with E-state index in [0.29, 0.717) is 22.8 Å². The first kappa shape index (κ1) is 21.6. The Morgan fingerprint density at radius 1 is 1.47 bits per heavy atom. The molecule has 0 radical (unpaired) electrons. The molecule has 3 heterocycles. The molecule has 0 aliphatic carbocycles. The lowest BCUT2D eigenvalue weighted by Gasteiger charge is -2.49. The zero-order valence-corrected chi connectivity index (χ0v) is 17.4. The first-order valence-electron chi connectivity index (χ1n) is 8.79. The number of β-lactam (4-membered cyclic amide) rings is 1. The van der Waals surface area contributed by atoms with Gasteiger partial charge in [0.05, 0.1) is 11.3 Å². The van der Waals surface area contributed by atoms with E-state index in [1.807, 2.05) is 6.92 Å². The van der Waals surface area contributed by atoms with Gasteiger partial charge in [0.25, 0.3) is 11.8 Å². The maximum absolute atomic E-state index is 12.8. The highest BCUT2D eigenvalue weighted by Crippen LogP contribution is 2.40. The molecular formula is C17H19N5O6S2. The monoisotopic (exact) mass is 453 g/mol. The smallest absolute Gasteiger partial charge is 0.404 e. The van der Waals surface area contributed by atoms with Gasteiger partial charge in [0.2, 0.25) is 0 Å². The molecule has 3 rings (SSSR count). The van der Waals surface area contributed by atoms with Gasteiger partial charge in [-0.1, -0.05) is 13.0 Å². The number of fused-ring (bicyclic) bond motifs is 1. The van der Waals surface area contributed by atoms with Crippen molar-refractivity contribution in [2.24, 2.45) is 5.73 Å². The van der Waals surface area contributed by atoms with Crippen molar-refractivity contribution in [3.63, 3.8) is 0 Å². The van der Waals surface area contributed by atoms with E-state index in [1.54, 1.807) is 11.5 Å².